The molecule has 1 unspecified atom stereocenters. The van der Waals surface area contributed by atoms with Crippen LogP contribution in [0.5, 0.6) is 0 Å². The van der Waals surface area contributed by atoms with E-state index < -0.39 is 10.0 Å². The fraction of sp³-hybridized carbons (Fsp3) is 0.522. The summed E-state index contributed by atoms with van der Waals surface area (Å²) in [6.07, 6.45) is 6.07. The van der Waals surface area contributed by atoms with Gasteiger partial charge in [-0.15, -0.1) is 0 Å². The fourth-order valence-corrected chi connectivity index (χ4v) is 5.48. The number of sulfonamides is 1. The molecule has 1 aromatic heterocycles. The highest BCUT2D eigenvalue weighted by molar-refractivity contribution is 9.10. The van der Waals surface area contributed by atoms with Crippen LogP contribution in [0.3, 0.4) is 0 Å². The zero-order chi connectivity index (χ0) is 22.7. The second-order valence-electron chi connectivity index (χ2n) is 9.17. The molecule has 0 spiro atoms. The largest absolute Gasteiger partial charge is 0.396 e. The van der Waals surface area contributed by atoms with Gasteiger partial charge in [0, 0.05) is 35.8 Å². The molecule has 2 aromatic rings. The van der Waals surface area contributed by atoms with Crippen LogP contribution in [0.15, 0.2) is 52.0 Å². The van der Waals surface area contributed by atoms with Gasteiger partial charge < -0.3 is 15.2 Å². The van der Waals surface area contributed by atoms with Crippen LogP contribution in [-0.2, 0) is 21.2 Å². The molecule has 174 valence electrons. The first-order valence-electron chi connectivity index (χ1n) is 11.0. The lowest BCUT2D eigenvalue weighted by Crippen LogP contribution is -2.41. The number of benzene rings is 1. The van der Waals surface area contributed by atoms with Crippen molar-refractivity contribution in [3.8, 4) is 0 Å². The van der Waals surface area contributed by atoms with Gasteiger partial charge in [-0.1, -0.05) is 28.1 Å². The van der Waals surface area contributed by atoms with E-state index in [9.17, 15) is 13.5 Å². The van der Waals surface area contributed by atoms with Crippen molar-refractivity contribution in [3.05, 3.63) is 52.6 Å². The van der Waals surface area contributed by atoms with E-state index in [4.69, 9.17) is 4.74 Å². The molecule has 4 rings (SSSR count). The quantitative estimate of drug-likeness (QED) is 0.441. The van der Waals surface area contributed by atoms with Crippen molar-refractivity contribution in [2.24, 2.45) is 10.8 Å². The topological polar surface area (TPSA) is 101 Å². The number of rotatable bonds is 10. The monoisotopic (exact) mass is 523 g/mol. The van der Waals surface area contributed by atoms with Gasteiger partial charge in [0.1, 0.15) is 10.7 Å². The van der Waals surface area contributed by atoms with Gasteiger partial charge in [-0.3, -0.25) is 0 Å². The highest BCUT2D eigenvalue weighted by Gasteiger charge is 2.43. The molecule has 1 saturated heterocycles. The second kappa shape index (κ2) is 9.77. The van der Waals surface area contributed by atoms with E-state index in [1.807, 2.05) is 12.1 Å². The Morgan fingerprint density at radius 1 is 1.06 bits per heavy atom. The molecule has 1 aliphatic heterocycles. The molecule has 32 heavy (non-hydrogen) atoms. The van der Waals surface area contributed by atoms with Crippen molar-refractivity contribution < 1.29 is 18.3 Å². The first kappa shape index (κ1) is 23.6. The summed E-state index contributed by atoms with van der Waals surface area (Å²) >= 11 is 3.45. The minimum Gasteiger partial charge on any atom is -0.396 e. The summed E-state index contributed by atoms with van der Waals surface area (Å²) < 4.78 is 34.9. The molecule has 1 saturated carbocycles. The molecule has 0 radical (unpaired) electrons. The first-order chi connectivity index (χ1) is 15.3. The highest BCUT2D eigenvalue weighted by atomic mass is 79.9. The Morgan fingerprint density at radius 3 is 2.44 bits per heavy atom. The van der Waals surface area contributed by atoms with Crippen LogP contribution in [0.2, 0.25) is 0 Å². The zero-order valence-corrected chi connectivity index (χ0v) is 20.4. The molecule has 1 aliphatic carbocycles. The average Bonchev–Trinajstić information content (AvgIpc) is 3.59. The van der Waals surface area contributed by atoms with Crippen molar-refractivity contribution in [2.45, 2.75) is 37.0 Å². The Morgan fingerprint density at radius 2 is 1.84 bits per heavy atom. The standard InChI is InChI=1S/C23H30BrN3O4S/c24-19-4-2-18(3-5-19)12-22(9-10-22)15-27-32(29,30)20-6-7-21(25-13-20)26-14-23(16-28)8-1-11-31-17-23/h2-7,13,27-28H,1,8-12,14-17H2,(H,25,26). The van der Waals surface area contributed by atoms with Crippen LogP contribution in [0.4, 0.5) is 5.82 Å². The van der Waals surface area contributed by atoms with Crippen molar-refractivity contribution >= 4 is 31.8 Å². The van der Waals surface area contributed by atoms with Crippen molar-refractivity contribution in [1.82, 2.24) is 9.71 Å². The average molecular weight is 524 g/mol. The van der Waals surface area contributed by atoms with E-state index in [0.717, 1.165) is 43.2 Å². The van der Waals surface area contributed by atoms with Gasteiger partial charge in [-0.05, 0) is 67.3 Å². The number of aliphatic hydroxyl groups is 1. The lowest BCUT2D eigenvalue weighted by atomic mass is 9.83. The number of aromatic nitrogens is 1. The minimum absolute atomic E-state index is 0.00347. The molecule has 9 heteroatoms. The number of nitrogens with zero attached hydrogens (tertiary/aromatic N) is 1. The molecule has 7 nitrogen and oxygen atoms in total. The third-order valence-electron chi connectivity index (χ3n) is 6.52. The molecule has 0 bridgehead atoms. The molecular weight excluding hydrogens is 494 g/mol. The Hall–Kier alpha value is -1.52. The van der Waals surface area contributed by atoms with Gasteiger partial charge in [0.15, 0.2) is 0 Å². The summed E-state index contributed by atoms with van der Waals surface area (Å²) in [6.45, 7) is 2.22. The van der Waals surface area contributed by atoms with Crippen LogP contribution < -0.4 is 10.0 Å². The van der Waals surface area contributed by atoms with Crippen LogP contribution in [0, 0.1) is 10.8 Å². The van der Waals surface area contributed by atoms with E-state index in [-0.39, 0.29) is 22.3 Å². The zero-order valence-electron chi connectivity index (χ0n) is 18.0. The van der Waals surface area contributed by atoms with Crippen LogP contribution in [-0.4, -0.2) is 51.4 Å². The summed E-state index contributed by atoms with van der Waals surface area (Å²) in [4.78, 5) is 4.43. The number of nitrogens with one attached hydrogen (secondary N) is 2. The van der Waals surface area contributed by atoms with Gasteiger partial charge in [-0.2, -0.15) is 0 Å². The fourth-order valence-electron chi connectivity index (χ4n) is 4.11. The normalized spacial score (nSPS) is 22.4. The van der Waals surface area contributed by atoms with Gasteiger partial charge in [-0.25, -0.2) is 18.1 Å². The van der Waals surface area contributed by atoms with E-state index in [1.165, 1.54) is 11.8 Å². The van der Waals surface area contributed by atoms with E-state index in [1.54, 1.807) is 12.1 Å². The maximum Gasteiger partial charge on any atom is 0.242 e. The number of pyridine rings is 1. The van der Waals surface area contributed by atoms with E-state index >= 15 is 0 Å². The predicted molar refractivity (Wildman–Crippen MR) is 127 cm³/mol. The molecule has 2 fully saturated rings. The SMILES string of the molecule is O=S(=O)(NCC1(Cc2ccc(Br)cc2)CC1)c1ccc(NCC2(CO)CCCOC2)nc1. The molecule has 2 heterocycles. The lowest BCUT2D eigenvalue weighted by molar-refractivity contribution is -0.0304. The Labute approximate surface area is 198 Å². The van der Waals surface area contributed by atoms with Crippen LogP contribution in [0.1, 0.15) is 31.2 Å². The van der Waals surface area contributed by atoms with Crippen LogP contribution in [0.25, 0.3) is 0 Å². The predicted octanol–water partition coefficient (Wildman–Crippen LogP) is 3.35. The number of aliphatic hydroxyl groups excluding tert-OH is 1. The summed E-state index contributed by atoms with van der Waals surface area (Å²) in [6, 6.07) is 11.4. The first-order valence-corrected chi connectivity index (χ1v) is 13.2. The highest BCUT2D eigenvalue weighted by Crippen LogP contribution is 2.48. The summed E-state index contributed by atoms with van der Waals surface area (Å²) in [5.41, 5.74) is 0.891. The second-order valence-corrected chi connectivity index (χ2v) is 11.9. The number of anilines is 1. The number of ether oxygens (including phenoxy) is 1. The van der Waals surface area contributed by atoms with E-state index in [2.05, 4.69) is 43.1 Å². The van der Waals surface area contributed by atoms with Gasteiger partial charge in [0.05, 0.1) is 13.2 Å². The molecule has 0 amide bonds. The number of hydrogen-bond donors (Lipinski definition) is 3. The lowest BCUT2D eigenvalue weighted by Gasteiger charge is -2.35. The minimum atomic E-state index is -3.63. The van der Waals surface area contributed by atoms with Crippen LogP contribution >= 0.6 is 15.9 Å². The maximum absolute atomic E-state index is 12.8. The van der Waals surface area contributed by atoms with Crippen molar-refractivity contribution in [2.75, 3.05) is 38.2 Å². The summed E-state index contributed by atoms with van der Waals surface area (Å²) in [7, 11) is -3.63. The molecule has 1 atom stereocenters. The molecule has 1 aromatic carbocycles. The smallest absolute Gasteiger partial charge is 0.242 e. The van der Waals surface area contributed by atoms with Crippen molar-refractivity contribution in [3.63, 3.8) is 0 Å². The van der Waals surface area contributed by atoms with Crippen molar-refractivity contribution in [1.29, 1.82) is 0 Å². The Balaban J connectivity index is 1.32. The molecule has 2 aliphatic rings. The molecule has 3 N–H and O–H groups in total. The van der Waals surface area contributed by atoms with Gasteiger partial charge >= 0.3 is 0 Å². The van der Waals surface area contributed by atoms with E-state index in [0.29, 0.717) is 25.5 Å². The Kier molecular flexibility index (Phi) is 7.21. The number of halogens is 1. The Bertz CT molecular complexity index is 1000. The molecular formula is C23H30BrN3O4S. The third-order valence-corrected chi connectivity index (χ3v) is 8.43. The maximum atomic E-state index is 12.8. The summed E-state index contributed by atoms with van der Waals surface area (Å²) in [5, 5.41) is 13.0. The third kappa shape index (κ3) is 5.88. The van der Waals surface area contributed by atoms with Gasteiger partial charge in [0.2, 0.25) is 10.0 Å². The van der Waals surface area contributed by atoms with Gasteiger partial charge in [0.25, 0.3) is 0 Å². The summed E-state index contributed by atoms with van der Waals surface area (Å²) in [5.74, 6) is 0.580. The number of hydrogen-bond acceptors (Lipinski definition) is 6.